The van der Waals surface area contributed by atoms with Crippen molar-refractivity contribution < 1.29 is 17.9 Å². The van der Waals surface area contributed by atoms with Crippen LogP contribution in [0.2, 0.25) is 0 Å². The Bertz CT molecular complexity index is 435. The number of aryl methyl sites for hydroxylation is 1. The first-order valence-electron chi connectivity index (χ1n) is 3.74. The van der Waals surface area contributed by atoms with Crippen LogP contribution in [0, 0.1) is 0 Å². The van der Waals surface area contributed by atoms with E-state index in [9.17, 15) is 13.2 Å². The monoisotopic (exact) mass is 235 g/mol. The average Bonchev–Trinajstić information content (AvgIpc) is 2.47. The number of primary sulfonamides is 1. The molecule has 0 bridgehead atoms. The average molecular weight is 235 g/mol. The number of carbonyl (C=O) groups excluding carboxylic acids is 1. The van der Waals surface area contributed by atoms with Gasteiger partial charge in [0.2, 0.25) is 10.0 Å². The molecule has 1 heterocycles. The zero-order valence-electron chi connectivity index (χ0n) is 7.39. The molecule has 0 spiro atoms. The van der Waals surface area contributed by atoms with Crippen LogP contribution in [0.4, 0.5) is 0 Å². The lowest BCUT2D eigenvalue weighted by Crippen LogP contribution is -2.09. The molecule has 0 radical (unpaired) electrons. The molecule has 0 aliphatic carbocycles. The SMILES string of the molecule is CCc1sc(S(N)(=O)=O)cc1OC=O. The number of sulfonamides is 1. The van der Waals surface area contributed by atoms with E-state index in [1.54, 1.807) is 0 Å². The summed E-state index contributed by atoms with van der Waals surface area (Å²) in [5.41, 5.74) is 0. The van der Waals surface area contributed by atoms with E-state index < -0.39 is 10.0 Å². The zero-order valence-corrected chi connectivity index (χ0v) is 9.02. The van der Waals surface area contributed by atoms with Gasteiger partial charge in [-0.25, -0.2) is 13.6 Å². The summed E-state index contributed by atoms with van der Waals surface area (Å²) >= 11 is 1.01. The smallest absolute Gasteiger partial charge is 0.298 e. The first-order chi connectivity index (χ1) is 6.49. The minimum absolute atomic E-state index is 0.00574. The van der Waals surface area contributed by atoms with Gasteiger partial charge in [-0.2, -0.15) is 0 Å². The highest BCUT2D eigenvalue weighted by molar-refractivity contribution is 7.91. The topological polar surface area (TPSA) is 86.5 Å². The van der Waals surface area contributed by atoms with Gasteiger partial charge in [-0.1, -0.05) is 6.92 Å². The van der Waals surface area contributed by atoms with Crippen molar-refractivity contribution in [3.8, 4) is 5.75 Å². The number of carbonyl (C=O) groups is 1. The molecule has 5 nitrogen and oxygen atoms in total. The van der Waals surface area contributed by atoms with Crippen molar-refractivity contribution in [2.45, 2.75) is 17.6 Å². The Kier molecular flexibility index (Phi) is 3.25. The summed E-state index contributed by atoms with van der Waals surface area (Å²) in [5.74, 6) is 0.261. The molecule has 0 atom stereocenters. The summed E-state index contributed by atoms with van der Waals surface area (Å²) in [6.07, 6.45) is 0.587. The molecule has 0 saturated carbocycles. The van der Waals surface area contributed by atoms with Crippen molar-refractivity contribution in [2.75, 3.05) is 0 Å². The second kappa shape index (κ2) is 4.07. The predicted octanol–water partition coefficient (Wildman–Crippen LogP) is 0.493. The van der Waals surface area contributed by atoms with E-state index in [0.717, 1.165) is 11.3 Å². The summed E-state index contributed by atoms with van der Waals surface area (Å²) in [4.78, 5) is 10.8. The third-order valence-corrected chi connectivity index (χ3v) is 4.21. The van der Waals surface area contributed by atoms with Crippen LogP contribution >= 0.6 is 11.3 Å². The number of thiophene rings is 1. The molecule has 0 aliphatic heterocycles. The van der Waals surface area contributed by atoms with Gasteiger partial charge in [-0.15, -0.1) is 11.3 Å². The maximum atomic E-state index is 11.0. The van der Waals surface area contributed by atoms with E-state index in [0.29, 0.717) is 11.3 Å². The van der Waals surface area contributed by atoms with E-state index in [1.165, 1.54) is 6.07 Å². The number of hydrogen-bond donors (Lipinski definition) is 1. The number of ether oxygens (including phenoxy) is 1. The molecule has 78 valence electrons. The first-order valence-corrected chi connectivity index (χ1v) is 6.11. The van der Waals surface area contributed by atoms with Gasteiger partial charge in [0.15, 0.2) is 0 Å². The summed E-state index contributed by atoms with van der Waals surface area (Å²) in [6, 6.07) is 1.26. The lowest BCUT2D eigenvalue weighted by molar-refractivity contribution is -0.120. The van der Waals surface area contributed by atoms with Crippen LogP contribution in [0.25, 0.3) is 0 Å². The van der Waals surface area contributed by atoms with Gasteiger partial charge in [0.25, 0.3) is 6.47 Å². The fraction of sp³-hybridized carbons (Fsp3) is 0.286. The molecule has 2 N–H and O–H groups in total. The van der Waals surface area contributed by atoms with E-state index in [1.807, 2.05) is 6.92 Å². The van der Waals surface area contributed by atoms with Crippen LogP contribution < -0.4 is 9.88 Å². The molecule has 0 unspecified atom stereocenters. The summed E-state index contributed by atoms with van der Waals surface area (Å²) in [6.45, 7) is 2.09. The van der Waals surface area contributed by atoms with Crippen molar-refractivity contribution in [3.63, 3.8) is 0 Å². The number of rotatable bonds is 4. The molecular formula is C7H9NO4S2. The van der Waals surface area contributed by atoms with Gasteiger partial charge in [0.1, 0.15) is 9.96 Å². The molecule has 1 aromatic rings. The Hall–Kier alpha value is -0.920. The minimum Gasteiger partial charge on any atom is -0.428 e. The maximum Gasteiger partial charge on any atom is 0.298 e. The largest absolute Gasteiger partial charge is 0.428 e. The number of nitrogens with two attached hydrogens (primary N) is 1. The molecular weight excluding hydrogens is 226 g/mol. The molecule has 1 rings (SSSR count). The Labute approximate surface area is 85.5 Å². The molecule has 0 saturated heterocycles. The third-order valence-electron chi connectivity index (χ3n) is 1.52. The molecule has 14 heavy (non-hydrogen) atoms. The van der Waals surface area contributed by atoms with Gasteiger partial charge in [-0.3, -0.25) is 4.79 Å². The highest BCUT2D eigenvalue weighted by atomic mass is 32.2. The van der Waals surface area contributed by atoms with E-state index in [-0.39, 0.29) is 16.4 Å². The molecule has 0 aromatic carbocycles. The molecule has 0 aliphatic rings. The third kappa shape index (κ3) is 2.31. The van der Waals surface area contributed by atoms with Gasteiger partial charge in [-0.05, 0) is 6.42 Å². The summed E-state index contributed by atoms with van der Waals surface area (Å²) < 4.78 is 26.5. The normalized spacial score (nSPS) is 11.3. The van der Waals surface area contributed by atoms with Crippen molar-refractivity contribution in [1.29, 1.82) is 0 Å². The minimum atomic E-state index is -3.71. The second-order valence-corrected chi connectivity index (χ2v) is 5.39. The van der Waals surface area contributed by atoms with Crippen LogP contribution in [-0.4, -0.2) is 14.9 Å². The van der Waals surface area contributed by atoms with Crippen LogP contribution in [0.3, 0.4) is 0 Å². The van der Waals surface area contributed by atoms with E-state index >= 15 is 0 Å². The first kappa shape index (κ1) is 11.2. The van der Waals surface area contributed by atoms with Crippen LogP contribution in [0.15, 0.2) is 10.3 Å². The standard InChI is InChI=1S/C7H9NO4S2/c1-2-6-5(12-4-9)3-7(13-6)14(8,10)11/h3-4H,2H2,1H3,(H2,8,10,11). The van der Waals surface area contributed by atoms with Crippen LogP contribution in [-0.2, 0) is 21.2 Å². The van der Waals surface area contributed by atoms with E-state index in [4.69, 9.17) is 5.14 Å². The maximum absolute atomic E-state index is 11.0. The van der Waals surface area contributed by atoms with Gasteiger partial charge in [0, 0.05) is 10.9 Å². The quantitative estimate of drug-likeness (QED) is 0.769. The zero-order chi connectivity index (χ0) is 10.8. The Balaban J connectivity index is 3.19. The fourth-order valence-corrected chi connectivity index (χ4v) is 2.73. The predicted molar refractivity (Wildman–Crippen MR) is 51.8 cm³/mol. The summed E-state index contributed by atoms with van der Waals surface area (Å²) in [7, 11) is -3.71. The van der Waals surface area contributed by atoms with Gasteiger partial charge in [0.05, 0.1) is 0 Å². The van der Waals surface area contributed by atoms with Crippen molar-refractivity contribution >= 4 is 27.8 Å². The lowest BCUT2D eigenvalue weighted by atomic mass is 10.3. The van der Waals surface area contributed by atoms with Crippen LogP contribution in [0.5, 0.6) is 5.75 Å². The second-order valence-electron chi connectivity index (χ2n) is 2.47. The Morgan fingerprint density at radius 3 is 2.71 bits per heavy atom. The Morgan fingerprint density at radius 2 is 2.29 bits per heavy atom. The molecule has 1 aromatic heterocycles. The molecule has 0 fully saturated rings. The van der Waals surface area contributed by atoms with Crippen molar-refractivity contribution in [3.05, 3.63) is 10.9 Å². The highest BCUT2D eigenvalue weighted by Gasteiger charge is 2.16. The van der Waals surface area contributed by atoms with Gasteiger partial charge >= 0.3 is 0 Å². The van der Waals surface area contributed by atoms with E-state index in [2.05, 4.69) is 4.74 Å². The molecule has 7 heteroatoms. The fourth-order valence-electron chi connectivity index (χ4n) is 0.927. The van der Waals surface area contributed by atoms with Gasteiger partial charge < -0.3 is 4.74 Å². The highest BCUT2D eigenvalue weighted by Crippen LogP contribution is 2.31. The Morgan fingerprint density at radius 1 is 1.64 bits per heavy atom. The summed E-state index contributed by atoms with van der Waals surface area (Å²) in [5, 5.41) is 4.93. The number of hydrogen-bond acceptors (Lipinski definition) is 5. The van der Waals surface area contributed by atoms with Crippen molar-refractivity contribution in [2.24, 2.45) is 5.14 Å². The van der Waals surface area contributed by atoms with Crippen molar-refractivity contribution in [1.82, 2.24) is 0 Å². The molecule has 0 amide bonds. The lowest BCUT2D eigenvalue weighted by Gasteiger charge is -1.94. The van der Waals surface area contributed by atoms with Crippen LogP contribution in [0.1, 0.15) is 11.8 Å².